The highest BCUT2D eigenvalue weighted by Gasteiger charge is 2.19. The normalized spacial score (nSPS) is 18.1. The third-order valence-corrected chi connectivity index (χ3v) is 4.46. The van der Waals surface area contributed by atoms with Crippen LogP contribution in [0.4, 0.5) is 0 Å². The van der Waals surface area contributed by atoms with Crippen molar-refractivity contribution >= 4 is 0 Å². The summed E-state index contributed by atoms with van der Waals surface area (Å²) in [5.41, 5.74) is 3.09. The van der Waals surface area contributed by atoms with Crippen molar-refractivity contribution in [2.45, 2.75) is 58.4 Å². The summed E-state index contributed by atoms with van der Waals surface area (Å²) in [6, 6.07) is 9.73. The van der Waals surface area contributed by atoms with Crippen LogP contribution in [0.1, 0.15) is 64.1 Å². The molecular formula is C19H32N2. The molecular weight excluding hydrogens is 256 g/mol. The minimum atomic E-state index is 0.236. The van der Waals surface area contributed by atoms with Gasteiger partial charge in [0.1, 0.15) is 0 Å². The summed E-state index contributed by atoms with van der Waals surface area (Å²) in [5, 5.41) is 3.73. The first kappa shape index (κ1) is 16.5. The molecule has 1 unspecified atom stereocenters. The van der Waals surface area contributed by atoms with Crippen molar-refractivity contribution in [2.24, 2.45) is 0 Å². The van der Waals surface area contributed by atoms with Gasteiger partial charge in [0.05, 0.1) is 0 Å². The summed E-state index contributed by atoms with van der Waals surface area (Å²) < 4.78 is 0. The maximum atomic E-state index is 3.73. The standard InChI is InChI=1S/C19H32N2/c1-5-12-20-18(15-21-13-6-7-14-21)16-8-10-17(11-9-16)19(2,3)4/h8-11,18,20H,5-7,12-15H2,1-4H3. The molecule has 0 aromatic heterocycles. The highest BCUT2D eigenvalue weighted by atomic mass is 15.2. The molecule has 1 aliphatic heterocycles. The minimum absolute atomic E-state index is 0.236. The van der Waals surface area contributed by atoms with Crippen molar-refractivity contribution in [1.82, 2.24) is 10.2 Å². The molecule has 2 rings (SSSR count). The van der Waals surface area contributed by atoms with Crippen molar-refractivity contribution in [3.8, 4) is 0 Å². The summed E-state index contributed by atoms with van der Waals surface area (Å²) in [6.07, 6.45) is 3.92. The van der Waals surface area contributed by atoms with Crippen LogP contribution in [-0.2, 0) is 5.41 Å². The Kier molecular flexibility index (Phi) is 5.83. The summed E-state index contributed by atoms with van der Waals surface area (Å²) in [4.78, 5) is 2.60. The molecule has 0 spiro atoms. The summed E-state index contributed by atoms with van der Waals surface area (Å²) >= 11 is 0. The molecule has 0 amide bonds. The maximum absolute atomic E-state index is 3.73. The van der Waals surface area contributed by atoms with Gasteiger partial charge in [-0.05, 0) is 55.4 Å². The van der Waals surface area contributed by atoms with Gasteiger partial charge in [-0.1, -0.05) is 52.0 Å². The fourth-order valence-corrected chi connectivity index (χ4v) is 3.05. The van der Waals surface area contributed by atoms with Crippen molar-refractivity contribution in [3.05, 3.63) is 35.4 Å². The maximum Gasteiger partial charge on any atom is 0.0449 e. The lowest BCUT2D eigenvalue weighted by Crippen LogP contribution is -2.34. The van der Waals surface area contributed by atoms with E-state index in [4.69, 9.17) is 0 Å². The van der Waals surface area contributed by atoms with Crippen molar-refractivity contribution in [1.29, 1.82) is 0 Å². The first-order valence-electron chi connectivity index (χ1n) is 8.57. The van der Waals surface area contributed by atoms with Crippen LogP contribution >= 0.6 is 0 Å². The first-order chi connectivity index (χ1) is 10.0. The van der Waals surface area contributed by atoms with Gasteiger partial charge in [0.25, 0.3) is 0 Å². The van der Waals surface area contributed by atoms with E-state index >= 15 is 0 Å². The van der Waals surface area contributed by atoms with Gasteiger partial charge in [-0.15, -0.1) is 0 Å². The van der Waals surface area contributed by atoms with Crippen LogP contribution in [0.2, 0.25) is 0 Å². The second-order valence-electron chi connectivity index (χ2n) is 7.39. The van der Waals surface area contributed by atoms with Gasteiger partial charge in [-0.25, -0.2) is 0 Å². The van der Waals surface area contributed by atoms with E-state index in [0.717, 1.165) is 13.1 Å². The quantitative estimate of drug-likeness (QED) is 0.847. The molecule has 1 aliphatic rings. The van der Waals surface area contributed by atoms with Gasteiger partial charge in [-0.2, -0.15) is 0 Å². The van der Waals surface area contributed by atoms with E-state index < -0.39 is 0 Å². The Morgan fingerprint density at radius 2 is 1.71 bits per heavy atom. The molecule has 1 N–H and O–H groups in total. The molecule has 1 fully saturated rings. The lowest BCUT2D eigenvalue weighted by atomic mass is 9.86. The van der Waals surface area contributed by atoms with E-state index in [0.29, 0.717) is 6.04 Å². The van der Waals surface area contributed by atoms with Crippen LogP contribution in [0, 0.1) is 0 Å². The molecule has 0 bridgehead atoms. The fourth-order valence-electron chi connectivity index (χ4n) is 3.05. The van der Waals surface area contributed by atoms with Gasteiger partial charge in [-0.3, -0.25) is 0 Å². The molecule has 1 aromatic carbocycles. The van der Waals surface area contributed by atoms with E-state index in [9.17, 15) is 0 Å². The van der Waals surface area contributed by atoms with Gasteiger partial charge >= 0.3 is 0 Å². The molecule has 0 radical (unpaired) electrons. The fraction of sp³-hybridized carbons (Fsp3) is 0.684. The Bertz CT molecular complexity index is 410. The monoisotopic (exact) mass is 288 g/mol. The number of nitrogens with one attached hydrogen (secondary N) is 1. The Hall–Kier alpha value is -0.860. The Balaban J connectivity index is 2.07. The molecule has 0 aliphatic carbocycles. The Morgan fingerprint density at radius 3 is 2.24 bits per heavy atom. The summed E-state index contributed by atoms with van der Waals surface area (Å²) in [7, 11) is 0. The Morgan fingerprint density at radius 1 is 1.10 bits per heavy atom. The predicted octanol–water partition coefficient (Wildman–Crippen LogP) is 4.12. The third-order valence-electron chi connectivity index (χ3n) is 4.46. The zero-order chi connectivity index (χ0) is 15.3. The van der Waals surface area contributed by atoms with Crippen LogP contribution in [-0.4, -0.2) is 31.1 Å². The molecule has 2 heteroatoms. The average molecular weight is 288 g/mol. The lowest BCUT2D eigenvalue weighted by Gasteiger charge is -2.26. The highest BCUT2D eigenvalue weighted by molar-refractivity contribution is 5.29. The second kappa shape index (κ2) is 7.42. The number of nitrogens with zero attached hydrogens (tertiary/aromatic N) is 1. The molecule has 118 valence electrons. The predicted molar refractivity (Wildman–Crippen MR) is 91.9 cm³/mol. The number of likely N-dealkylation sites (tertiary alicyclic amines) is 1. The van der Waals surface area contributed by atoms with Crippen LogP contribution in [0.5, 0.6) is 0 Å². The smallest absolute Gasteiger partial charge is 0.0449 e. The average Bonchev–Trinajstić information content (AvgIpc) is 2.95. The van der Waals surface area contributed by atoms with Crippen LogP contribution in [0.3, 0.4) is 0 Å². The summed E-state index contributed by atoms with van der Waals surface area (Å²) in [6.45, 7) is 13.9. The van der Waals surface area contributed by atoms with Crippen LogP contribution < -0.4 is 5.32 Å². The van der Waals surface area contributed by atoms with Gasteiger partial charge in [0.15, 0.2) is 0 Å². The van der Waals surface area contributed by atoms with E-state index in [2.05, 4.69) is 62.2 Å². The van der Waals surface area contributed by atoms with Gasteiger partial charge in [0, 0.05) is 12.6 Å². The second-order valence-corrected chi connectivity index (χ2v) is 7.39. The molecule has 1 heterocycles. The molecule has 2 nitrogen and oxygen atoms in total. The largest absolute Gasteiger partial charge is 0.309 e. The van der Waals surface area contributed by atoms with Gasteiger partial charge in [0.2, 0.25) is 0 Å². The third kappa shape index (κ3) is 4.82. The van der Waals surface area contributed by atoms with E-state index in [1.165, 1.54) is 43.5 Å². The highest BCUT2D eigenvalue weighted by Crippen LogP contribution is 2.25. The topological polar surface area (TPSA) is 15.3 Å². The number of hydrogen-bond acceptors (Lipinski definition) is 2. The van der Waals surface area contributed by atoms with Crippen molar-refractivity contribution < 1.29 is 0 Å². The number of benzene rings is 1. The molecule has 21 heavy (non-hydrogen) atoms. The number of rotatable bonds is 6. The molecule has 0 saturated carbocycles. The number of hydrogen-bond donors (Lipinski definition) is 1. The molecule has 1 aromatic rings. The van der Waals surface area contributed by atoms with E-state index in [-0.39, 0.29) is 5.41 Å². The Labute approximate surface area is 130 Å². The van der Waals surface area contributed by atoms with Crippen molar-refractivity contribution in [2.75, 3.05) is 26.2 Å². The lowest BCUT2D eigenvalue weighted by molar-refractivity contribution is 0.292. The minimum Gasteiger partial charge on any atom is -0.309 e. The van der Waals surface area contributed by atoms with Gasteiger partial charge < -0.3 is 10.2 Å². The van der Waals surface area contributed by atoms with Crippen molar-refractivity contribution in [3.63, 3.8) is 0 Å². The molecule has 1 saturated heterocycles. The van der Waals surface area contributed by atoms with E-state index in [1.54, 1.807) is 0 Å². The SMILES string of the molecule is CCCNC(CN1CCCC1)c1ccc(C(C)(C)C)cc1. The van der Waals surface area contributed by atoms with Crippen LogP contribution in [0.15, 0.2) is 24.3 Å². The van der Waals surface area contributed by atoms with E-state index in [1.807, 2.05) is 0 Å². The first-order valence-corrected chi connectivity index (χ1v) is 8.57. The zero-order valence-corrected chi connectivity index (χ0v) is 14.3. The summed E-state index contributed by atoms with van der Waals surface area (Å²) in [5.74, 6) is 0. The van der Waals surface area contributed by atoms with Crippen LogP contribution in [0.25, 0.3) is 0 Å². The zero-order valence-electron chi connectivity index (χ0n) is 14.3. The molecule has 1 atom stereocenters.